The Morgan fingerprint density at radius 3 is 2.58 bits per heavy atom. The molecule has 3 nitrogen and oxygen atoms in total. The predicted octanol–water partition coefficient (Wildman–Crippen LogP) is 5.51. The Labute approximate surface area is 145 Å². The maximum absolute atomic E-state index is 10.5. The molecule has 0 aromatic heterocycles. The number of allylic oxidation sites excluding steroid dienone is 2. The zero-order valence-electron chi connectivity index (χ0n) is 14.7. The Morgan fingerprint density at radius 1 is 1.08 bits per heavy atom. The van der Waals surface area contributed by atoms with Gasteiger partial charge in [-0.1, -0.05) is 68.3 Å². The number of rotatable bonds is 12. The summed E-state index contributed by atoms with van der Waals surface area (Å²) in [7, 11) is 0. The first-order chi connectivity index (χ1) is 11.6. The fourth-order valence-corrected chi connectivity index (χ4v) is 2.53. The lowest BCUT2D eigenvalue weighted by molar-refractivity contribution is -0.137. The molecule has 3 heteroatoms. The van der Waals surface area contributed by atoms with Crippen molar-refractivity contribution in [1.82, 2.24) is 0 Å². The van der Waals surface area contributed by atoms with Crippen molar-refractivity contribution in [2.45, 2.75) is 64.4 Å². The van der Waals surface area contributed by atoms with Crippen LogP contribution in [-0.4, -0.2) is 16.2 Å². The summed E-state index contributed by atoms with van der Waals surface area (Å²) in [5.41, 5.74) is 1.92. The number of unbranched alkanes of at least 4 members (excludes halogenated alkanes) is 4. The number of aliphatic hydroxyl groups excluding tert-OH is 1. The van der Waals surface area contributed by atoms with E-state index in [1.54, 1.807) is 0 Å². The van der Waals surface area contributed by atoms with E-state index in [-0.39, 0.29) is 6.42 Å². The van der Waals surface area contributed by atoms with E-state index >= 15 is 0 Å². The standard InChI is InChI=1S/C21H30O3/c1-2-3-4-5-6-9-16-20(22)19-15-12-11-14-18(19)13-8-7-10-17-21(23)24/h6,8-9,11-15,20,22H,2-5,7,10,16-17H2,1H3,(H,23,24). The highest BCUT2D eigenvalue weighted by molar-refractivity contribution is 5.66. The monoisotopic (exact) mass is 330 g/mol. The van der Waals surface area contributed by atoms with Gasteiger partial charge < -0.3 is 10.2 Å². The van der Waals surface area contributed by atoms with Gasteiger partial charge in [-0.3, -0.25) is 4.79 Å². The molecule has 0 radical (unpaired) electrons. The molecule has 0 aliphatic heterocycles. The normalized spacial score (nSPS) is 12.9. The van der Waals surface area contributed by atoms with Crippen molar-refractivity contribution in [2.24, 2.45) is 0 Å². The summed E-state index contributed by atoms with van der Waals surface area (Å²) in [5.74, 6) is -0.759. The van der Waals surface area contributed by atoms with Crippen LogP contribution in [0.3, 0.4) is 0 Å². The molecule has 24 heavy (non-hydrogen) atoms. The van der Waals surface area contributed by atoms with Crippen LogP contribution in [0.25, 0.3) is 6.08 Å². The molecule has 0 aliphatic rings. The molecule has 1 unspecified atom stereocenters. The third kappa shape index (κ3) is 8.68. The molecule has 0 fully saturated rings. The number of benzene rings is 1. The van der Waals surface area contributed by atoms with Gasteiger partial charge in [0.05, 0.1) is 6.10 Å². The molecule has 0 amide bonds. The molecule has 1 rings (SSSR count). The Kier molecular flexibility index (Phi) is 10.5. The van der Waals surface area contributed by atoms with Gasteiger partial charge in [0, 0.05) is 6.42 Å². The van der Waals surface area contributed by atoms with E-state index in [2.05, 4.69) is 19.1 Å². The largest absolute Gasteiger partial charge is 0.481 e. The number of hydrogen-bond donors (Lipinski definition) is 2. The average Bonchev–Trinajstić information content (AvgIpc) is 2.57. The van der Waals surface area contributed by atoms with Crippen molar-refractivity contribution in [1.29, 1.82) is 0 Å². The zero-order chi connectivity index (χ0) is 17.6. The highest BCUT2D eigenvalue weighted by Gasteiger charge is 2.08. The maximum atomic E-state index is 10.5. The molecule has 1 aromatic carbocycles. The summed E-state index contributed by atoms with van der Waals surface area (Å²) >= 11 is 0. The van der Waals surface area contributed by atoms with Crippen LogP contribution >= 0.6 is 0 Å². The van der Waals surface area contributed by atoms with E-state index < -0.39 is 12.1 Å². The molecule has 2 N–H and O–H groups in total. The van der Waals surface area contributed by atoms with Crippen molar-refractivity contribution in [2.75, 3.05) is 0 Å². The summed E-state index contributed by atoms with van der Waals surface area (Å²) in [4.78, 5) is 10.5. The Morgan fingerprint density at radius 2 is 1.83 bits per heavy atom. The molecule has 0 saturated carbocycles. The van der Waals surface area contributed by atoms with E-state index in [4.69, 9.17) is 5.11 Å². The van der Waals surface area contributed by atoms with Crippen molar-refractivity contribution >= 4 is 12.0 Å². The topological polar surface area (TPSA) is 57.5 Å². The zero-order valence-corrected chi connectivity index (χ0v) is 14.7. The van der Waals surface area contributed by atoms with E-state index in [0.717, 1.165) is 24.0 Å². The summed E-state index contributed by atoms with van der Waals surface area (Å²) in [6, 6.07) is 7.82. The van der Waals surface area contributed by atoms with E-state index in [9.17, 15) is 9.90 Å². The number of carbonyl (C=O) groups is 1. The summed E-state index contributed by atoms with van der Waals surface area (Å²) in [5, 5.41) is 19.1. The first kappa shape index (κ1) is 20.2. The fraction of sp³-hybridized carbons (Fsp3) is 0.476. The number of carboxylic acid groups (broad SMARTS) is 1. The van der Waals surface area contributed by atoms with Gasteiger partial charge in [-0.2, -0.15) is 0 Å². The van der Waals surface area contributed by atoms with Crippen LogP contribution in [0.4, 0.5) is 0 Å². The van der Waals surface area contributed by atoms with Crippen LogP contribution in [0.15, 0.2) is 42.5 Å². The van der Waals surface area contributed by atoms with Crippen LogP contribution in [0.5, 0.6) is 0 Å². The second kappa shape index (κ2) is 12.5. The van der Waals surface area contributed by atoms with Crippen molar-refractivity contribution in [3.8, 4) is 0 Å². The highest BCUT2D eigenvalue weighted by atomic mass is 16.4. The van der Waals surface area contributed by atoms with Gasteiger partial charge in [-0.15, -0.1) is 0 Å². The second-order valence-corrected chi connectivity index (χ2v) is 6.04. The molecule has 1 atom stereocenters. The van der Waals surface area contributed by atoms with Crippen LogP contribution < -0.4 is 0 Å². The minimum Gasteiger partial charge on any atom is -0.481 e. The van der Waals surface area contributed by atoms with E-state index in [1.807, 2.05) is 36.4 Å². The lowest BCUT2D eigenvalue weighted by Gasteiger charge is -2.12. The maximum Gasteiger partial charge on any atom is 0.303 e. The van der Waals surface area contributed by atoms with Crippen molar-refractivity contribution < 1.29 is 15.0 Å². The summed E-state index contributed by atoms with van der Waals surface area (Å²) in [6.07, 6.45) is 14.6. The average molecular weight is 330 g/mol. The number of carboxylic acids is 1. The Bertz CT molecular complexity index is 532. The van der Waals surface area contributed by atoms with Crippen molar-refractivity contribution in [3.05, 3.63) is 53.6 Å². The van der Waals surface area contributed by atoms with Gasteiger partial charge in [0.1, 0.15) is 0 Å². The minimum atomic E-state index is -0.759. The van der Waals surface area contributed by atoms with Gasteiger partial charge in [-0.25, -0.2) is 0 Å². The van der Waals surface area contributed by atoms with Gasteiger partial charge >= 0.3 is 5.97 Å². The molecule has 132 valence electrons. The fourth-order valence-electron chi connectivity index (χ4n) is 2.53. The first-order valence-corrected chi connectivity index (χ1v) is 8.95. The quantitative estimate of drug-likeness (QED) is 0.392. The molecule has 0 heterocycles. The second-order valence-electron chi connectivity index (χ2n) is 6.04. The number of hydrogen-bond acceptors (Lipinski definition) is 2. The van der Waals surface area contributed by atoms with Gasteiger partial charge in [-0.05, 0) is 43.2 Å². The predicted molar refractivity (Wildman–Crippen MR) is 99.8 cm³/mol. The third-order valence-electron chi connectivity index (χ3n) is 3.91. The lowest BCUT2D eigenvalue weighted by Crippen LogP contribution is -1.98. The molecule has 0 spiro atoms. The molecular formula is C21H30O3. The lowest BCUT2D eigenvalue weighted by atomic mass is 9.99. The Hall–Kier alpha value is -1.87. The summed E-state index contributed by atoms with van der Waals surface area (Å²) in [6.45, 7) is 2.19. The first-order valence-electron chi connectivity index (χ1n) is 8.95. The number of aliphatic carboxylic acids is 1. The third-order valence-corrected chi connectivity index (χ3v) is 3.91. The van der Waals surface area contributed by atoms with Gasteiger partial charge in [0.2, 0.25) is 0 Å². The summed E-state index contributed by atoms with van der Waals surface area (Å²) < 4.78 is 0. The number of aliphatic hydroxyl groups is 1. The van der Waals surface area contributed by atoms with Crippen LogP contribution in [0.1, 0.15) is 75.5 Å². The van der Waals surface area contributed by atoms with E-state index in [0.29, 0.717) is 12.8 Å². The van der Waals surface area contributed by atoms with Crippen LogP contribution in [-0.2, 0) is 4.79 Å². The highest BCUT2D eigenvalue weighted by Crippen LogP contribution is 2.23. The molecule has 0 bridgehead atoms. The molecule has 0 aliphatic carbocycles. The SMILES string of the molecule is CCCCCC=CCC(O)c1ccccc1C=CCCCC(=O)O. The van der Waals surface area contributed by atoms with Crippen LogP contribution in [0, 0.1) is 0 Å². The van der Waals surface area contributed by atoms with Gasteiger partial charge in [0.15, 0.2) is 0 Å². The minimum absolute atomic E-state index is 0.192. The van der Waals surface area contributed by atoms with Crippen molar-refractivity contribution in [3.63, 3.8) is 0 Å². The smallest absolute Gasteiger partial charge is 0.303 e. The van der Waals surface area contributed by atoms with Crippen LogP contribution in [0.2, 0.25) is 0 Å². The van der Waals surface area contributed by atoms with E-state index in [1.165, 1.54) is 19.3 Å². The van der Waals surface area contributed by atoms with Gasteiger partial charge in [0.25, 0.3) is 0 Å². The Balaban J connectivity index is 2.51. The molecular weight excluding hydrogens is 300 g/mol. The molecule has 0 saturated heterocycles. The molecule has 1 aromatic rings.